The summed E-state index contributed by atoms with van der Waals surface area (Å²) in [7, 11) is 0. The second kappa shape index (κ2) is 6.31. The predicted octanol–water partition coefficient (Wildman–Crippen LogP) is 6.06. The summed E-state index contributed by atoms with van der Waals surface area (Å²) in [5, 5.41) is 0.196. The van der Waals surface area contributed by atoms with E-state index in [2.05, 4.69) is 39.0 Å². The fourth-order valence-electron chi connectivity index (χ4n) is 3.62. The van der Waals surface area contributed by atoms with Crippen LogP contribution in [0.25, 0.3) is 0 Å². The molecule has 1 aliphatic carbocycles. The van der Waals surface area contributed by atoms with Gasteiger partial charge in [-0.15, -0.1) is 11.6 Å². The molecule has 106 valence electrons. The first kappa shape index (κ1) is 14.9. The van der Waals surface area contributed by atoms with E-state index in [1.54, 1.807) is 0 Å². The second-order valence-corrected chi connectivity index (χ2v) is 6.46. The number of hydrogen-bond donors (Lipinski definition) is 0. The molecule has 0 saturated heterocycles. The van der Waals surface area contributed by atoms with Gasteiger partial charge in [0.25, 0.3) is 0 Å². The summed E-state index contributed by atoms with van der Waals surface area (Å²) in [6.45, 7) is 6.77. The minimum atomic E-state index is 0.196. The molecule has 1 atom stereocenters. The Morgan fingerprint density at radius 1 is 1.11 bits per heavy atom. The standard InChI is InChI=1S/C18H27Cl/c1-4-14-9-10-15(5-2)16(13-14)17(19)18(6-3)11-7-8-12-18/h9-10,13,17H,4-8,11-12H2,1-3H3. The van der Waals surface area contributed by atoms with Crippen molar-refractivity contribution < 1.29 is 0 Å². The highest BCUT2D eigenvalue weighted by Gasteiger charge is 2.40. The van der Waals surface area contributed by atoms with Gasteiger partial charge in [-0.3, -0.25) is 0 Å². The molecule has 0 radical (unpaired) electrons. The smallest absolute Gasteiger partial charge is 0.0644 e. The van der Waals surface area contributed by atoms with Crippen LogP contribution in [0, 0.1) is 5.41 Å². The fraction of sp³-hybridized carbons (Fsp3) is 0.667. The molecule has 0 aliphatic heterocycles. The summed E-state index contributed by atoms with van der Waals surface area (Å²) in [6.07, 6.45) is 8.70. The minimum Gasteiger partial charge on any atom is -0.117 e. The van der Waals surface area contributed by atoms with Crippen LogP contribution in [-0.2, 0) is 12.8 Å². The summed E-state index contributed by atoms with van der Waals surface area (Å²) in [6, 6.07) is 6.92. The monoisotopic (exact) mass is 278 g/mol. The first-order valence-electron chi connectivity index (χ1n) is 7.92. The molecule has 0 bridgehead atoms. The van der Waals surface area contributed by atoms with Crippen molar-refractivity contribution in [3.63, 3.8) is 0 Å². The van der Waals surface area contributed by atoms with Gasteiger partial charge in [0.05, 0.1) is 5.38 Å². The van der Waals surface area contributed by atoms with E-state index in [0.717, 1.165) is 12.8 Å². The third-order valence-corrected chi connectivity index (χ3v) is 5.81. The normalized spacial score (nSPS) is 19.6. The van der Waals surface area contributed by atoms with Gasteiger partial charge < -0.3 is 0 Å². The van der Waals surface area contributed by atoms with Crippen molar-refractivity contribution >= 4 is 11.6 Å². The highest BCUT2D eigenvalue weighted by atomic mass is 35.5. The van der Waals surface area contributed by atoms with E-state index in [4.69, 9.17) is 11.6 Å². The Morgan fingerprint density at radius 3 is 2.32 bits per heavy atom. The van der Waals surface area contributed by atoms with Gasteiger partial charge in [-0.05, 0) is 54.2 Å². The van der Waals surface area contributed by atoms with E-state index in [0.29, 0.717) is 5.41 Å². The molecule has 1 aromatic rings. The highest BCUT2D eigenvalue weighted by molar-refractivity contribution is 6.21. The van der Waals surface area contributed by atoms with E-state index in [-0.39, 0.29) is 5.38 Å². The van der Waals surface area contributed by atoms with Gasteiger partial charge in [0.2, 0.25) is 0 Å². The number of halogens is 1. The zero-order valence-corrected chi connectivity index (χ0v) is 13.4. The van der Waals surface area contributed by atoms with Crippen LogP contribution in [-0.4, -0.2) is 0 Å². The first-order chi connectivity index (χ1) is 9.16. The van der Waals surface area contributed by atoms with Gasteiger partial charge in [-0.1, -0.05) is 51.8 Å². The molecule has 0 N–H and O–H groups in total. The Bertz CT molecular complexity index is 416. The summed E-state index contributed by atoms with van der Waals surface area (Å²) < 4.78 is 0. The van der Waals surface area contributed by atoms with Crippen LogP contribution in [0.15, 0.2) is 18.2 Å². The van der Waals surface area contributed by atoms with Crippen LogP contribution in [0.3, 0.4) is 0 Å². The van der Waals surface area contributed by atoms with Crippen molar-refractivity contribution in [1.82, 2.24) is 0 Å². The molecule has 1 heteroatoms. The third-order valence-electron chi connectivity index (χ3n) is 5.11. The number of benzene rings is 1. The van der Waals surface area contributed by atoms with Gasteiger partial charge in [-0.2, -0.15) is 0 Å². The van der Waals surface area contributed by atoms with Crippen LogP contribution in [0.5, 0.6) is 0 Å². The molecular formula is C18H27Cl. The Labute approximate surface area is 123 Å². The van der Waals surface area contributed by atoms with Crippen molar-refractivity contribution in [2.75, 3.05) is 0 Å². The molecule has 0 heterocycles. The van der Waals surface area contributed by atoms with Crippen LogP contribution >= 0.6 is 11.6 Å². The fourth-order valence-corrected chi connectivity index (χ4v) is 4.19. The molecule has 1 aromatic carbocycles. The lowest BCUT2D eigenvalue weighted by Crippen LogP contribution is -2.22. The van der Waals surface area contributed by atoms with E-state index >= 15 is 0 Å². The molecule has 0 aromatic heterocycles. The van der Waals surface area contributed by atoms with Gasteiger partial charge in [0.15, 0.2) is 0 Å². The van der Waals surface area contributed by atoms with Crippen LogP contribution in [0.2, 0.25) is 0 Å². The maximum atomic E-state index is 6.98. The molecule has 1 saturated carbocycles. The Kier molecular flexibility index (Phi) is 4.95. The predicted molar refractivity (Wildman–Crippen MR) is 85.0 cm³/mol. The number of hydrogen-bond acceptors (Lipinski definition) is 0. The first-order valence-corrected chi connectivity index (χ1v) is 8.36. The molecule has 19 heavy (non-hydrogen) atoms. The number of rotatable bonds is 5. The lowest BCUT2D eigenvalue weighted by molar-refractivity contribution is 0.270. The van der Waals surface area contributed by atoms with Crippen LogP contribution in [0.1, 0.15) is 74.9 Å². The average molecular weight is 279 g/mol. The topological polar surface area (TPSA) is 0 Å². The van der Waals surface area contributed by atoms with E-state index in [1.165, 1.54) is 48.8 Å². The lowest BCUT2D eigenvalue weighted by atomic mass is 9.76. The van der Waals surface area contributed by atoms with Crippen molar-refractivity contribution in [2.24, 2.45) is 5.41 Å². The van der Waals surface area contributed by atoms with E-state index in [1.807, 2.05) is 0 Å². The van der Waals surface area contributed by atoms with Gasteiger partial charge >= 0.3 is 0 Å². The van der Waals surface area contributed by atoms with Crippen molar-refractivity contribution in [1.29, 1.82) is 0 Å². The maximum Gasteiger partial charge on any atom is 0.0644 e. The van der Waals surface area contributed by atoms with Crippen molar-refractivity contribution in [3.05, 3.63) is 34.9 Å². The van der Waals surface area contributed by atoms with Crippen molar-refractivity contribution in [2.45, 2.75) is 71.1 Å². The molecule has 1 aliphatic rings. The summed E-state index contributed by atoms with van der Waals surface area (Å²) in [4.78, 5) is 0. The largest absolute Gasteiger partial charge is 0.117 e. The molecule has 2 rings (SSSR count). The van der Waals surface area contributed by atoms with Gasteiger partial charge in [-0.25, -0.2) is 0 Å². The average Bonchev–Trinajstić information content (AvgIpc) is 2.95. The van der Waals surface area contributed by atoms with Gasteiger partial charge in [0, 0.05) is 0 Å². The number of aryl methyl sites for hydroxylation is 2. The highest BCUT2D eigenvalue weighted by Crippen LogP contribution is 2.53. The summed E-state index contributed by atoms with van der Waals surface area (Å²) >= 11 is 6.98. The molecule has 1 unspecified atom stereocenters. The summed E-state index contributed by atoms with van der Waals surface area (Å²) in [5.74, 6) is 0. The Balaban J connectivity index is 2.38. The quantitative estimate of drug-likeness (QED) is 0.574. The minimum absolute atomic E-state index is 0.196. The zero-order chi connectivity index (χ0) is 13.9. The molecular weight excluding hydrogens is 252 g/mol. The molecule has 0 spiro atoms. The SMILES string of the molecule is CCc1ccc(CC)c(C(Cl)C2(CC)CCCC2)c1. The van der Waals surface area contributed by atoms with Gasteiger partial charge in [0.1, 0.15) is 0 Å². The molecule has 1 fully saturated rings. The second-order valence-electron chi connectivity index (χ2n) is 6.03. The lowest BCUT2D eigenvalue weighted by Gasteiger charge is -2.34. The molecule has 0 amide bonds. The maximum absolute atomic E-state index is 6.98. The zero-order valence-electron chi connectivity index (χ0n) is 12.6. The van der Waals surface area contributed by atoms with E-state index < -0.39 is 0 Å². The van der Waals surface area contributed by atoms with Crippen LogP contribution < -0.4 is 0 Å². The van der Waals surface area contributed by atoms with Crippen LogP contribution in [0.4, 0.5) is 0 Å². The number of alkyl halides is 1. The molecule has 0 nitrogen and oxygen atoms in total. The third kappa shape index (κ3) is 2.84. The van der Waals surface area contributed by atoms with Crippen molar-refractivity contribution in [3.8, 4) is 0 Å². The Morgan fingerprint density at radius 2 is 1.79 bits per heavy atom. The summed E-state index contributed by atoms with van der Waals surface area (Å²) in [5.41, 5.74) is 4.61. The van der Waals surface area contributed by atoms with E-state index in [9.17, 15) is 0 Å². The Hall–Kier alpha value is -0.490.